The number of carbonyl (C=O) groups excluding carboxylic acids is 1. The molecule has 0 aromatic carbocycles. The lowest BCUT2D eigenvalue weighted by Crippen LogP contribution is -2.41. The largest absolute Gasteiger partial charge is 0.342 e. The Hall–Kier alpha value is -1.86. The van der Waals surface area contributed by atoms with Crippen molar-refractivity contribution >= 4 is 29.3 Å². The molecule has 1 fully saturated rings. The molecule has 1 aliphatic heterocycles. The van der Waals surface area contributed by atoms with Crippen molar-refractivity contribution in [2.45, 2.75) is 33.1 Å². The number of nitrogens with one attached hydrogen (secondary N) is 2. The fraction of sp³-hybridized carbons (Fsp3) is 0.611. The molecular formula is C18H28ClN5O2. The zero-order chi connectivity index (χ0) is 18.1. The zero-order valence-corrected chi connectivity index (χ0v) is 16.7. The number of halogens is 1. The molecule has 0 atom stereocenters. The molecule has 0 unspecified atom stereocenters. The van der Waals surface area contributed by atoms with Gasteiger partial charge in [-0.1, -0.05) is 0 Å². The fourth-order valence-electron chi connectivity index (χ4n) is 3.85. The highest BCUT2D eigenvalue weighted by molar-refractivity contribution is 5.85. The molecule has 3 rings (SSSR count). The maximum atomic E-state index is 12.8. The Morgan fingerprint density at radius 1 is 1.31 bits per heavy atom. The average Bonchev–Trinajstić information content (AvgIpc) is 2.86. The number of aromatic nitrogens is 3. The van der Waals surface area contributed by atoms with E-state index >= 15 is 0 Å². The molecule has 0 radical (unpaired) electrons. The van der Waals surface area contributed by atoms with E-state index in [2.05, 4.69) is 15.4 Å². The van der Waals surface area contributed by atoms with Crippen LogP contribution in [0.4, 0.5) is 0 Å². The van der Waals surface area contributed by atoms with Gasteiger partial charge < -0.3 is 10.2 Å². The quantitative estimate of drug-likeness (QED) is 0.836. The molecule has 2 N–H and O–H groups in total. The van der Waals surface area contributed by atoms with Crippen LogP contribution in [0, 0.1) is 19.8 Å². The van der Waals surface area contributed by atoms with Gasteiger partial charge in [-0.2, -0.15) is 0 Å². The van der Waals surface area contributed by atoms with Crippen LogP contribution in [0.25, 0.3) is 11.0 Å². The number of amides is 1. The van der Waals surface area contributed by atoms with E-state index in [0.717, 1.165) is 49.3 Å². The molecule has 1 aliphatic rings. The van der Waals surface area contributed by atoms with Gasteiger partial charge in [0.15, 0.2) is 5.65 Å². The second-order valence-electron chi connectivity index (χ2n) is 7.06. The summed E-state index contributed by atoms with van der Waals surface area (Å²) in [6.07, 6.45) is 2.39. The minimum Gasteiger partial charge on any atom is -0.342 e. The summed E-state index contributed by atoms with van der Waals surface area (Å²) in [6, 6.07) is 0. The number of aromatic amines is 1. The summed E-state index contributed by atoms with van der Waals surface area (Å²) < 4.78 is 1.63. The van der Waals surface area contributed by atoms with E-state index in [9.17, 15) is 9.59 Å². The molecule has 144 valence electrons. The van der Waals surface area contributed by atoms with E-state index < -0.39 is 0 Å². The first-order valence-electron chi connectivity index (χ1n) is 8.89. The Balaban J connectivity index is 0.00000243. The van der Waals surface area contributed by atoms with Crippen molar-refractivity contribution in [3.63, 3.8) is 0 Å². The monoisotopic (exact) mass is 381 g/mol. The minimum atomic E-state index is -0.149. The number of carbonyl (C=O) groups is 1. The van der Waals surface area contributed by atoms with Crippen LogP contribution in [0.5, 0.6) is 0 Å². The molecule has 1 saturated heterocycles. The van der Waals surface area contributed by atoms with Gasteiger partial charge >= 0.3 is 0 Å². The highest BCUT2D eigenvalue weighted by Gasteiger charge is 2.24. The van der Waals surface area contributed by atoms with Gasteiger partial charge in [-0.15, -0.1) is 12.4 Å². The number of pyridine rings is 1. The number of fused-ring (bicyclic) bond motifs is 1. The Morgan fingerprint density at radius 3 is 2.58 bits per heavy atom. The Morgan fingerprint density at radius 2 is 1.96 bits per heavy atom. The maximum Gasteiger partial charge on any atom is 0.273 e. The van der Waals surface area contributed by atoms with Crippen LogP contribution in [-0.2, 0) is 18.3 Å². The van der Waals surface area contributed by atoms with Gasteiger partial charge in [0.05, 0.1) is 11.8 Å². The molecule has 0 bridgehead atoms. The van der Waals surface area contributed by atoms with Crippen LogP contribution in [0.2, 0.25) is 0 Å². The van der Waals surface area contributed by atoms with Gasteiger partial charge in [0.25, 0.3) is 5.56 Å². The van der Waals surface area contributed by atoms with Crippen molar-refractivity contribution in [2.75, 3.05) is 26.7 Å². The predicted octanol–water partition coefficient (Wildman–Crippen LogP) is 1.30. The summed E-state index contributed by atoms with van der Waals surface area (Å²) >= 11 is 0. The third kappa shape index (κ3) is 3.78. The Kier molecular flexibility index (Phi) is 6.47. The summed E-state index contributed by atoms with van der Waals surface area (Å²) in [5.41, 5.74) is 3.06. The molecule has 0 aliphatic carbocycles. The van der Waals surface area contributed by atoms with Crippen molar-refractivity contribution in [1.82, 2.24) is 25.0 Å². The number of hydrogen-bond donors (Lipinski definition) is 2. The van der Waals surface area contributed by atoms with Gasteiger partial charge in [0.1, 0.15) is 0 Å². The highest BCUT2D eigenvalue weighted by atomic mass is 35.5. The summed E-state index contributed by atoms with van der Waals surface area (Å²) in [7, 11) is 3.74. The van der Waals surface area contributed by atoms with Crippen LogP contribution in [0.3, 0.4) is 0 Å². The third-order valence-corrected chi connectivity index (χ3v) is 5.36. The predicted molar refractivity (Wildman–Crippen MR) is 105 cm³/mol. The topological polar surface area (TPSA) is 83.0 Å². The first-order chi connectivity index (χ1) is 11.9. The van der Waals surface area contributed by atoms with Gasteiger partial charge in [0, 0.05) is 25.8 Å². The molecule has 26 heavy (non-hydrogen) atoms. The molecule has 0 saturated carbocycles. The average molecular weight is 382 g/mol. The lowest BCUT2D eigenvalue weighted by Gasteiger charge is -2.32. The smallest absolute Gasteiger partial charge is 0.273 e. The first kappa shape index (κ1) is 20.5. The summed E-state index contributed by atoms with van der Waals surface area (Å²) in [4.78, 5) is 31.4. The molecule has 0 spiro atoms. The van der Waals surface area contributed by atoms with Gasteiger partial charge in [-0.05, 0) is 57.3 Å². The molecule has 8 heteroatoms. The Bertz CT molecular complexity index is 849. The summed E-state index contributed by atoms with van der Waals surface area (Å²) in [6.45, 7) is 6.45. The van der Waals surface area contributed by atoms with Crippen LogP contribution in [0.1, 0.15) is 29.7 Å². The maximum absolute atomic E-state index is 12.8. The standard InChI is InChI=1S/C18H27N5O2.ClH/c1-11-14(12(2)20-17-16(11)18(25)21-22(17)4)9-15(24)23-7-5-13(6-8-23)10-19-3;/h13,19H,5-10H2,1-4H3,(H,21,25);1H. The van der Waals surface area contributed by atoms with Crippen LogP contribution < -0.4 is 10.9 Å². The van der Waals surface area contributed by atoms with Crippen LogP contribution in [0.15, 0.2) is 4.79 Å². The number of rotatable bonds is 4. The normalized spacial score (nSPS) is 15.3. The van der Waals surface area contributed by atoms with E-state index in [1.165, 1.54) is 0 Å². The van der Waals surface area contributed by atoms with Gasteiger partial charge in [-0.3, -0.25) is 19.4 Å². The highest BCUT2D eigenvalue weighted by Crippen LogP contribution is 2.22. The molecule has 1 amide bonds. The van der Waals surface area contributed by atoms with Crippen molar-refractivity contribution in [2.24, 2.45) is 13.0 Å². The van der Waals surface area contributed by atoms with Crippen LogP contribution >= 0.6 is 12.4 Å². The van der Waals surface area contributed by atoms with Crippen molar-refractivity contribution in [3.8, 4) is 0 Å². The molecule has 3 heterocycles. The van der Waals surface area contributed by atoms with Gasteiger partial charge in [0.2, 0.25) is 5.91 Å². The number of piperidine rings is 1. The molecule has 2 aromatic heterocycles. The summed E-state index contributed by atoms with van der Waals surface area (Å²) in [5, 5.41) is 6.54. The van der Waals surface area contributed by atoms with Crippen molar-refractivity contribution in [1.29, 1.82) is 0 Å². The molecular weight excluding hydrogens is 354 g/mol. The molecule has 7 nitrogen and oxygen atoms in total. The lowest BCUT2D eigenvalue weighted by molar-refractivity contribution is -0.131. The third-order valence-electron chi connectivity index (χ3n) is 5.36. The minimum absolute atomic E-state index is 0. The zero-order valence-electron chi connectivity index (χ0n) is 15.9. The molecule has 2 aromatic rings. The van der Waals surface area contributed by atoms with Crippen molar-refractivity contribution in [3.05, 3.63) is 27.2 Å². The second kappa shape index (κ2) is 8.22. The lowest BCUT2D eigenvalue weighted by atomic mass is 9.95. The number of H-pyrrole nitrogens is 1. The van der Waals surface area contributed by atoms with Crippen LogP contribution in [-0.4, -0.2) is 52.3 Å². The number of aryl methyl sites for hydroxylation is 3. The van der Waals surface area contributed by atoms with E-state index in [-0.39, 0.29) is 23.9 Å². The second-order valence-corrected chi connectivity index (χ2v) is 7.06. The van der Waals surface area contributed by atoms with Crippen molar-refractivity contribution < 1.29 is 4.79 Å². The van der Waals surface area contributed by atoms with E-state index in [4.69, 9.17) is 0 Å². The van der Waals surface area contributed by atoms with Gasteiger partial charge in [-0.25, -0.2) is 4.98 Å². The Labute approximate surface area is 159 Å². The van der Waals surface area contributed by atoms with E-state index in [1.54, 1.807) is 11.7 Å². The number of hydrogen-bond acceptors (Lipinski definition) is 4. The number of nitrogens with zero attached hydrogens (tertiary/aromatic N) is 3. The summed E-state index contributed by atoms with van der Waals surface area (Å²) in [5.74, 6) is 0.779. The number of likely N-dealkylation sites (tertiary alicyclic amines) is 1. The van der Waals surface area contributed by atoms with E-state index in [1.807, 2.05) is 25.8 Å². The van der Waals surface area contributed by atoms with E-state index in [0.29, 0.717) is 23.4 Å². The SMILES string of the molecule is CNCC1CCN(C(=O)Cc2c(C)nc3c(c2C)c(=O)[nH]n3C)CC1.Cl. The first-order valence-corrected chi connectivity index (χ1v) is 8.89. The fourth-order valence-corrected chi connectivity index (χ4v) is 3.85.